The minimum absolute atomic E-state index is 0.0818. The topological polar surface area (TPSA) is 69.7 Å². The SMILES string of the molecule is C=C1C(=O)O[C@@]2(COC(C)=O)C=CC(=O)C[C@@H]12. The molecule has 1 heterocycles. The molecule has 17 heavy (non-hydrogen) atoms. The first-order valence-corrected chi connectivity index (χ1v) is 5.22. The van der Waals surface area contributed by atoms with E-state index in [1.165, 1.54) is 19.1 Å². The van der Waals surface area contributed by atoms with Crippen LogP contribution >= 0.6 is 0 Å². The summed E-state index contributed by atoms with van der Waals surface area (Å²) in [5.74, 6) is -1.53. The van der Waals surface area contributed by atoms with Crippen LogP contribution in [0.3, 0.4) is 0 Å². The summed E-state index contributed by atoms with van der Waals surface area (Å²) in [6.45, 7) is 4.82. The monoisotopic (exact) mass is 236 g/mol. The summed E-state index contributed by atoms with van der Waals surface area (Å²) in [4.78, 5) is 33.6. The standard InChI is InChI=1S/C12H12O5/c1-7-10-5-9(14)3-4-12(10,17-11(7)15)6-16-8(2)13/h3-4,10H,1,5-6H2,2H3/t10-,12+/m0/s1. The van der Waals surface area contributed by atoms with Crippen molar-refractivity contribution in [1.82, 2.24) is 0 Å². The fourth-order valence-corrected chi connectivity index (χ4v) is 2.09. The quantitative estimate of drug-likeness (QED) is 0.517. The van der Waals surface area contributed by atoms with E-state index in [1.54, 1.807) is 0 Å². The Balaban J connectivity index is 2.30. The first-order valence-electron chi connectivity index (χ1n) is 5.22. The van der Waals surface area contributed by atoms with Gasteiger partial charge in [-0.3, -0.25) is 9.59 Å². The Kier molecular flexibility index (Phi) is 2.61. The summed E-state index contributed by atoms with van der Waals surface area (Å²) in [5, 5.41) is 0. The van der Waals surface area contributed by atoms with Crippen LogP contribution in [0.15, 0.2) is 24.3 Å². The highest BCUT2D eigenvalue weighted by Gasteiger charge is 2.53. The van der Waals surface area contributed by atoms with Gasteiger partial charge in [-0.05, 0) is 12.2 Å². The molecule has 2 aliphatic rings. The lowest BCUT2D eigenvalue weighted by Gasteiger charge is -2.31. The van der Waals surface area contributed by atoms with Gasteiger partial charge in [0.1, 0.15) is 6.61 Å². The summed E-state index contributed by atoms with van der Waals surface area (Å²) < 4.78 is 10.1. The van der Waals surface area contributed by atoms with E-state index in [0.29, 0.717) is 0 Å². The highest BCUT2D eigenvalue weighted by atomic mass is 16.6. The second-order valence-corrected chi connectivity index (χ2v) is 4.21. The minimum Gasteiger partial charge on any atom is -0.461 e. The zero-order valence-corrected chi connectivity index (χ0v) is 9.39. The maximum atomic E-state index is 11.5. The maximum absolute atomic E-state index is 11.5. The van der Waals surface area contributed by atoms with Gasteiger partial charge in [-0.15, -0.1) is 0 Å². The number of esters is 2. The van der Waals surface area contributed by atoms with Gasteiger partial charge in [0.05, 0.1) is 0 Å². The van der Waals surface area contributed by atoms with Crippen LogP contribution in [-0.4, -0.2) is 29.9 Å². The van der Waals surface area contributed by atoms with Gasteiger partial charge in [0.15, 0.2) is 11.4 Å². The van der Waals surface area contributed by atoms with Gasteiger partial charge < -0.3 is 9.47 Å². The first kappa shape index (κ1) is 11.6. The molecule has 0 unspecified atom stereocenters. The molecule has 1 aliphatic carbocycles. The molecule has 0 aromatic carbocycles. The molecule has 0 spiro atoms. The van der Waals surface area contributed by atoms with E-state index in [-0.39, 0.29) is 24.4 Å². The van der Waals surface area contributed by atoms with Gasteiger partial charge in [0, 0.05) is 24.8 Å². The molecular weight excluding hydrogens is 224 g/mol. The van der Waals surface area contributed by atoms with Gasteiger partial charge in [-0.25, -0.2) is 4.79 Å². The largest absolute Gasteiger partial charge is 0.461 e. The number of hydrogen-bond acceptors (Lipinski definition) is 5. The predicted octanol–water partition coefficient (Wildman–Crippen LogP) is 0.546. The number of carbonyl (C=O) groups is 3. The molecule has 2 rings (SSSR count). The molecule has 0 bridgehead atoms. The van der Waals surface area contributed by atoms with Crippen LogP contribution in [0.4, 0.5) is 0 Å². The van der Waals surface area contributed by atoms with E-state index < -0.39 is 23.5 Å². The second kappa shape index (κ2) is 3.84. The van der Waals surface area contributed by atoms with Crippen LogP contribution in [0, 0.1) is 5.92 Å². The van der Waals surface area contributed by atoms with E-state index in [0.717, 1.165) is 0 Å². The summed E-state index contributed by atoms with van der Waals surface area (Å²) >= 11 is 0. The molecule has 1 aliphatic heterocycles. The fourth-order valence-electron chi connectivity index (χ4n) is 2.09. The number of allylic oxidation sites excluding steroid dienone is 1. The van der Waals surface area contributed by atoms with E-state index >= 15 is 0 Å². The van der Waals surface area contributed by atoms with Crippen molar-refractivity contribution in [3.05, 3.63) is 24.3 Å². The number of carbonyl (C=O) groups excluding carboxylic acids is 3. The number of ketones is 1. The summed E-state index contributed by atoms with van der Waals surface area (Å²) in [6.07, 6.45) is 3.00. The summed E-state index contributed by atoms with van der Waals surface area (Å²) in [5.41, 5.74) is -0.789. The number of rotatable bonds is 2. The summed E-state index contributed by atoms with van der Waals surface area (Å²) in [6, 6.07) is 0. The van der Waals surface area contributed by atoms with Crippen molar-refractivity contribution in [1.29, 1.82) is 0 Å². The van der Waals surface area contributed by atoms with Gasteiger partial charge in [0.25, 0.3) is 0 Å². The van der Waals surface area contributed by atoms with Crippen LogP contribution in [0.5, 0.6) is 0 Å². The van der Waals surface area contributed by atoms with Crippen molar-refractivity contribution < 1.29 is 23.9 Å². The highest BCUT2D eigenvalue weighted by molar-refractivity contribution is 5.98. The number of ether oxygens (including phenoxy) is 2. The normalized spacial score (nSPS) is 31.1. The third-order valence-corrected chi connectivity index (χ3v) is 3.01. The van der Waals surface area contributed by atoms with Crippen LogP contribution in [0.25, 0.3) is 0 Å². The van der Waals surface area contributed by atoms with Gasteiger partial charge >= 0.3 is 11.9 Å². The molecular formula is C12H12O5. The van der Waals surface area contributed by atoms with Crippen molar-refractivity contribution in [3.63, 3.8) is 0 Å². The van der Waals surface area contributed by atoms with E-state index in [2.05, 4.69) is 6.58 Å². The van der Waals surface area contributed by atoms with Gasteiger partial charge in [0.2, 0.25) is 0 Å². The first-order chi connectivity index (χ1) is 7.94. The predicted molar refractivity (Wildman–Crippen MR) is 56.9 cm³/mol. The van der Waals surface area contributed by atoms with Crippen molar-refractivity contribution in [3.8, 4) is 0 Å². The van der Waals surface area contributed by atoms with Crippen LogP contribution in [-0.2, 0) is 23.9 Å². The molecule has 0 saturated carbocycles. The number of hydrogen-bond donors (Lipinski definition) is 0. The van der Waals surface area contributed by atoms with Crippen molar-refractivity contribution in [2.75, 3.05) is 6.61 Å². The van der Waals surface area contributed by atoms with E-state index in [9.17, 15) is 14.4 Å². The molecule has 1 fully saturated rings. The third kappa shape index (κ3) is 1.88. The molecule has 90 valence electrons. The second-order valence-electron chi connectivity index (χ2n) is 4.21. The molecule has 0 amide bonds. The Hall–Kier alpha value is -1.91. The number of fused-ring (bicyclic) bond motifs is 1. The Morgan fingerprint density at radius 2 is 2.35 bits per heavy atom. The lowest BCUT2D eigenvalue weighted by Crippen LogP contribution is -2.42. The Labute approximate surface area is 98.1 Å². The molecule has 1 saturated heterocycles. The molecule has 5 nitrogen and oxygen atoms in total. The maximum Gasteiger partial charge on any atom is 0.334 e. The van der Waals surface area contributed by atoms with E-state index in [1.807, 2.05) is 0 Å². The fraction of sp³-hybridized carbons (Fsp3) is 0.417. The zero-order chi connectivity index (χ0) is 12.6. The molecule has 0 radical (unpaired) electrons. The molecule has 0 aromatic rings. The Bertz CT molecular complexity index is 448. The Morgan fingerprint density at radius 1 is 1.65 bits per heavy atom. The zero-order valence-electron chi connectivity index (χ0n) is 9.39. The smallest absolute Gasteiger partial charge is 0.334 e. The third-order valence-electron chi connectivity index (χ3n) is 3.01. The molecule has 0 N–H and O–H groups in total. The Morgan fingerprint density at radius 3 is 3.00 bits per heavy atom. The van der Waals surface area contributed by atoms with Gasteiger partial charge in [-0.1, -0.05) is 6.58 Å². The average molecular weight is 236 g/mol. The highest BCUT2D eigenvalue weighted by Crippen LogP contribution is 2.42. The minimum atomic E-state index is -1.05. The summed E-state index contributed by atoms with van der Waals surface area (Å²) in [7, 11) is 0. The van der Waals surface area contributed by atoms with Crippen LogP contribution in [0.1, 0.15) is 13.3 Å². The van der Waals surface area contributed by atoms with Crippen LogP contribution < -0.4 is 0 Å². The van der Waals surface area contributed by atoms with Crippen molar-refractivity contribution in [2.45, 2.75) is 18.9 Å². The molecule has 2 atom stereocenters. The van der Waals surface area contributed by atoms with E-state index in [4.69, 9.17) is 9.47 Å². The molecule has 0 aromatic heterocycles. The van der Waals surface area contributed by atoms with Crippen molar-refractivity contribution >= 4 is 17.7 Å². The van der Waals surface area contributed by atoms with Crippen molar-refractivity contribution in [2.24, 2.45) is 5.92 Å². The molecule has 5 heteroatoms. The van der Waals surface area contributed by atoms with Gasteiger partial charge in [-0.2, -0.15) is 0 Å². The lowest BCUT2D eigenvalue weighted by molar-refractivity contribution is -0.158. The lowest BCUT2D eigenvalue weighted by atomic mass is 9.78. The van der Waals surface area contributed by atoms with Crippen LogP contribution in [0.2, 0.25) is 0 Å². The average Bonchev–Trinajstić information content (AvgIpc) is 2.51.